The Morgan fingerprint density at radius 2 is 0.571 bits per heavy atom. The minimum Gasteiger partial charge on any atom is -0.310 e. The molecule has 0 spiro atoms. The molecule has 0 heterocycles. The van der Waals surface area contributed by atoms with Crippen LogP contribution in [0.5, 0.6) is 0 Å². The van der Waals surface area contributed by atoms with Gasteiger partial charge in [0.2, 0.25) is 0 Å². The van der Waals surface area contributed by atoms with E-state index in [4.69, 9.17) is 37.8 Å². The molecule has 0 atom stereocenters. The van der Waals surface area contributed by atoms with E-state index in [0.717, 1.165) is 0 Å². The molecule has 14 heteroatoms. The molecule has 0 unspecified atom stereocenters. The monoisotopic (exact) mass is 360 g/mol. The fourth-order valence-electron chi connectivity index (χ4n) is 0. The third-order valence-corrected chi connectivity index (χ3v) is 0. The standard InChI is InChI=1S/Ca.4HO2P.Zn/c;4*1-3-2;/h;4*(H,1,2);/q+2;;;;;+2. The summed E-state index contributed by atoms with van der Waals surface area (Å²) >= 11 is 0. The van der Waals surface area contributed by atoms with Crippen molar-refractivity contribution < 1.29 is 57.3 Å². The first kappa shape index (κ1) is 36.0. The summed E-state index contributed by atoms with van der Waals surface area (Å²) in [4.78, 5) is 27.9. The van der Waals surface area contributed by atoms with Crippen molar-refractivity contribution >= 4 is 72.5 Å². The molecule has 0 aliphatic carbocycles. The first-order chi connectivity index (χ1) is 5.66. The van der Waals surface area contributed by atoms with Crippen molar-refractivity contribution in [2.75, 3.05) is 0 Å². The van der Waals surface area contributed by atoms with E-state index in [1.807, 2.05) is 0 Å². The Balaban J connectivity index is -0.0000000145. The molecule has 0 radical (unpaired) electrons. The van der Waals surface area contributed by atoms with Gasteiger partial charge < -0.3 is 19.6 Å². The Labute approximate surface area is 128 Å². The second kappa shape index (κ2) is 80.5. The van der Waals surface area contributed by atoms with Crippen LogP contribution in [0.15, 0.2) is 0 Å². The molecule has 0 saturated heterocycles. The van der Waals surface area contributed by atoms with Gasteiger partial charge in [-0.1, -0.05) is 0 Å². The first-order valence-electron chi connectivity index (χ1n) is 1.53. The van der Waals surface area contributed by atoms with E-state index >= 15 is 0 Å². The van der Waals surface area contributed by atoms with Crippen molar-refractivity contribution in [3.63, 3.8) is 0 Å². The zero-order valence-electron chi connectivity index (χ0n) is 6.62. The van der Waals surface area contributed by atoms with E-state index < -0.39 is 34.7 Å². The molecule has 0 aliphatic heterocycles. The summed E-state index contributed by atoms with van der Waals surface area (Å²) in [5, 5.41) is 0. The third kappa shape index (κ3) is 540. The van der Waals surface area contributed by atoms with Gasteiger partial charge in [0.1, 0.15) is 0 Å². The van der Waals surface area contributed by atoms with Gasteiger partial charge in [0.05, 0.1) is 0 Å². The molecule has 0 aromatic carbocycles. The van der Waals surface area contributed by atoms with Gasteiger partial charge in [-0.2, -0.15) is 0 Å². The van der Waals surface area contributed by atoms with Gasteiger partial charge >= 0.3 is 92.0 Å². The molecule has 4 N–H and O–H groups in total. The molecule has 0 saturated carbocycles. The second-order valence-corrected chi connectivity index (χ2v) is 0.980. The predicted octanol–water partition coefficient (Wildman–Crippen LogP) is 0.358. The molecular formula is H4CaO8P4Zn+4. The van der Waals surface area contributed by atoms with Crippen molar-refractivity contribution in [3.8, 4) is 0 Å². The molecule has 0 fully saturated rings. The van der Waals surface area contributed by atoms with Crippen LogP contribution in [0.25, 0.3) is 0 Å². The van der Waals surface area contributed by atoms with Crippen molar-refractivity contribution in [3.05, 3.63) is 0 Å². The van der Waals surface area contributed by atoms with Crippen LogP contribution >= 0.6 is 34.7 Å². The summed E-state index contributed by atoms with van der Waals surface area (Å²) < 4.78 is 33.8. The zero-order chi connectivity index (χ0) is 10.8. The Kier molecular flexibility index (Phi) is 207. The van der Waals surface area contributed by atoms with Gasteiger partial charge in [0.15, 0.2) is 0 Å². The van der Waals surface area contributed by atoms with Crippen molar-refractivity contribution in [2.24, 2.45) is 0 Å². The second-order valence-electron chi connectivity index (χ2n) is 0.327. The maximum Gasteiger partial charge on any atom is 2.00 e. The van der Waals surface area contributed by atoms with Crippen LogP contribution in [0.1, 0.15) is 0 Å². The van der Waals surface area contributed by atoms with Crippen molar-refractivity contribution in [2.45, 2.75) is 0 Å². The maximum atomic E-state index is 8.46. The zero-order valence-corrected chi connectivity index (χ0v) is 15.4. The maximum absolute atomic E-state index is 8.46. The SMILES string of the molecule is O=PO.O=PO.O=PO.O=PO.[Ca+2].[Zn+2]. The molecule has 0 amide bonds. The summed E-state index contributed by atoms with van der Waals surface area (Å²) in [5.74, 6) is 0. The largest absolute Gasteiger partial charge is 2.00 e. The average Bonchev–Trinajstić information content (AvgIpc) is 1.92. The van der Waals surface area contributed by atoms with Gasteiger partial charge in [0, 0.05) is 0 Å². The van der Waals surface area contributed by atoms with Crippen LogP contribution in [0, 0.1) is 0 Å². The van der Waals surface area contributed by atoms with Crippen molar-refractivity contribution in [1.29, 1.82) is 0 Å². The van der Waals surface area contributed by atoms with Crippen LogP contribution < -0.4 is 0 Å². The van der Waals surface area contributed by atoms with E-state index in [1.54, 1.807) is 0 Å². The van der Waals surface area contributed by atoms with E-state index in [1.165, 1.54) is 0 Å². The Hall–Kier alpha value is 2.12. The molecule has 72 valence electrons. The minimum absolute atomic E-state index is 0. The quantitative estimate of drug-likeness (QED) is 0.357. The van der Waals surface area contributed by atoms with Crippen LogP contribution in [0.4, 0.5) is 0 Å². The number of hydrogen-bond acceptors (Lipinski definition) is 4. The first-order valence-corrected chi connectivity index (χ1v) is 4.59. The molecule has 0 aromatic heterocycles. The van der Waals surface area contributed by atoms with Crippen LogP contribution in [0.3, 0.4) is 0 Å². The third-order valence-electron chi connectivity index (χ3n) is 0. The summed E-state index contributed by atoms with van der Waals surface area (Å²) in [6.07, 6.45) is 0. The van der Waals surface area contributed by atoms with Crippen LogP contribution in [-0.2, 0) is 37.7 Å². The normalized spacial score (nSPS) is 6.00. The Bertz CT molecular complexity index is 75.3. The van der Waals surface area contributed by atoms with Gasteiger partial charge in [-0.15, -0.1) is 0 Å². The van der Waals surface area contributed by atoms with E-state index in [2.05, 4.69) is 0 Å². The molecule has 0 bridgehead atoms. The summed E-state index contributed by atoms with van der Waals surface area (Å²) in [6.45, 7) is 0. The molecule has 0 aliphatic rings. The smallest absolute Gasteiger partial charge is 0.310 e. The summed E-state index contributed by atoms with van der Waals surface area (Å²) in [6, 6.07) is 0. The minimum atomic E-state index is -0.833. The average molecular weight is 361 g/mol. The molecule has 0 rings (SSSR count). The number of hydrogen-bond donors (Lipinski definition) is 4. The number of rotatable bonds is 0. The summed E-state index contributed by atoms with van der Waals surface area (Å²) in [7, 11) is -3.33. The fraction of sp³-hybridized carbons (Fsp3) is 0. The molecular weight excluding hydrogens is 357 g/mol. The van der Waals surface area contributed by atoms with E-state index in [-0.39, 0.29) is 57.2 Å². The molecule has 0 aromatic rings. The molecule has 8 nitrogen and oxygen atoms in total. The Morgan fingerprint density at radius 1 is 0.571 bits per heavy atom. The van der Waals surface area contributed by atoms with E-state index in [9.17, 15) is 0 Å². The molecule has 14 heavy (non-hydrogen) atoms. The van der Waals surface area contributed by atoms with Gasteiger partial charge in [0.25, 0.3) is 0 Å². The van der Waals surface area contributed by atoms with Gasteiger partial charge in [-0.05, 0) is 0 Å². The Morgan fingerprint density at radius 3 is 0.571 bits per heavy atom. The van der Waals surface area contributed by atoms with Crippen LogP contribution in [0.2, 0.25) is 0 Å². The summed E-state index contributed by atoms with van der Waals surface area (Å²) in [5.41, 5.74) is 0. The topological polar surface area (TPSA) is 149 Å². The van der Waals surface area contributed by atoms with Gasteiger partial charge in [-0.25, -0.2) is 18.3 Å². The van der Waals surface area contributed by atoms with Crippen molar-refractivity contribution in [1.82, 2.24) is 0 Å². The fourth-order valence-corrected chi connectivity index (χ4v) is 0. The van der Waals surface area contributed by atoms with E-state index in [0.29, 0.717) is 0 Å². The van der Waals surface area contributed by atoms with Crippen LogP contribution in [-0.4, -0.2) is 57.3 Å². The van der Waals surface area contributed by atoms with Gasteiger partial charge in [-0.3, -0.25) is 0 Å². The predicted molar refractivity (Wildman–Crippen MR) is 45.1 cm³/mol.